The lowest BCUT2D eigenvalue weighted by atomic mass is 9.97. The molecule has 2 heterocycles. The summed E-state index contributed by atoms with van der Waals surface area (Å²) in [7, 11) is 1.50. The zero-order chi connectivity index (χ0) is 25.1. The number of hydrogen-bond donors (Lipinski definition) is 1. The molecule has 0 aliphatic carbocycles. The number of carbonyl (C=O) groups is 2. The standard InChI is InChI=1S/C28H28N2O5/c1-17(2)16-35-22-13-12-19(15-18(22)3)26(31)24-25(20-9-7-8-14-29-20)30(28(33)27(24)32)21-10-5-6-11-23(21)34-4/h5-15,17,25,31H,16H2,1-4H3/b26-24-. The van der Waals surface area contributed by atoms with Gasteiger partial charge in [-0.05, 0) is 60.9 Å². The lowest BCUT2D eigenvalue weighted by molar-refractivity contribution is -0.132. The first-order valence-corrected chi connectivity index (χ1v) is 11.4. The summed E-state index contributed by atoms with van der Waals surface area (Å²) in [6.45, 7) is 6.56. The van der Waals surface area contributed by atoms with Crippen molar-refractivity contribution in [3.05, 3.63) is 89.3 Å². The summed E-state index contributed by atoms with van der Waals surface area (Å²) in [5.41, 5.74) is 2.06. The van der Waals surface area contributed by atoms with Crippen molar-refractivity contribution in [2.24, 2.45) is 5.92 Å². The molecule has 0 spiro atoms. The molecule has 3 aromatic rings. The molecule has 1 aliphatic heterocycles. The lowest BCUT2D eigenvalue weighted by Crippen LogP contribution is -2.30. The number of methoxy groups -OCH3 is 1. The highest BCUT2D eigenvalue weighted by Crippen LogP contribution is 2.44. The monoisotopic (exact) mass is 472 g/mol. The van der Waals surface area contributed by atoms with Crippen LogP contribution in [0.25, 0.3) is 5.76 Å². The number of aryl methyl sites for hydroxylation is 1. The summed E-state index contributed by atoms with van der Waals surface area (Å²) in [6, 6.07) is 16.5. The third-order valence-corrected chi connectivity index (χ3v) is 5.78. The number of ether oxygens (including phenoxy) is 2. The van der Waals surface area contributed by atoms with Crippen LogP contribution in [0.3, 0.4) is 0 Å². The Balaban J connectivity index is 1.86. The van der Waals surface area contributed by atoms with Gasteiger partial charge < -0.3 is 14.6 Å². The zero-order valence-corrected chi connectivity index (χ0v) is 20.2. The molecule has 1 unspecified atom stereocenters. The predicted molar refractivity (Wildman–Crippen MR) is 134 cm³/mol. The van der Waals surface area contributed by atoms with Crippen molar-refractivity contribution in [2.75, 3.05) is 18.6 Å². The van der Waals surface area contributed by atoms with E-state index in [1.165, 1.54) is 12.0 Å². The maximum atomic E-state index is 13.3. The zero-order valence-electron chi connectivity index (χ0n) is 20.2. The van der Waals surface area contributed by atoms with Gasteiger partial charge in [0, 0.05) is 11.8 Å². The molecule has 1 amide bonds. The molecule has 1 fully saturated rings. The van der Waals surface area contributed by atoms with Gasteiger partial charge in [0.25, 0.3) is 11.7 Å². The Labute approximate surface area is 204 Å². The van der Waals surface area contributed by atoms with Gasteiger partial charge in [-0.15, -0.1) is 0 Å². The summed E-state index contributed by atoms with van der Waals surface area (Å²) in [5.74, 6) is -0.326. The quantitative estimate of drug-likeness (QED) is 0.294. The summed E-state index contributed by atoms with van der Waals surface area (Å²) in [4.78, 5) is 32.4. The van der Waals surface area contributed by atoms with E-state index < -0.39 is 17.7 Å². The molecule has 35 heavy (non-hydrogen) atoms. The highest BCUT2D eigenvalue weighted by atomic mass is 16.5. The molecular formula is C28H28N2O5. The predicted octanol–water partition coefficient (Wildman–Crippen LogP) is 5.06. The number of Topliss-reactive ketones (excluding diaryl/α,β-unsaturated/α-hetero) is 1. The second-order valence-corrected chi connectivity index (χ2v) is 8.78. The minimum atomic E-state index is -0.926. The molecule has 0 bridgehead atoms. The number of anilines is 1. The van der Waals surface area contributed by atoms with Crippen LogP contribution < -0.4 is 14.4 Å². The number of aliphatic hydroxyl groups excluding tert-OH is 1. The number of nitrogens with zero attached hydrogens (tertiary/aromatic N) is 2. The number of benzene rings is 2. The van der Waals surface area contributed by atoms with Gasteiger partial charge in [-0.3, -0.25) is 19.5 Å². The normalized spacial score (nSPS) is 17.2. The summed E-state index contributed by atoms with van der Waals surface area (Å²) in [6.07, 6.45) is 1.59. The minimum absolute atomic E-state index is 0.0325. The van der Waals surface area contributed by atoms with E-state index in [1.807, 2.05) is 6.92 Å². The molecule has 1 saturated heterocycles. The van der Waals surface area contributed by atoms with Gasteiger partial charge in [-0.1, -0.05) is 32.0 Å². The van der Waals surface area contributed by atoms with Crippen LogP contribution in [-0.2, 0) is 9.59 Å². The first kappa shape index (κ1) is 24.0. The number of para-hydroxylation sites is 2. The van der Waals surface area contributed by atoms with Crippen molar-refractivity contribution in [3.8, 4) is 11.5 Å². The first-order valence-electron chi connectivity index (χ1n) is 11.4. The molecule has 2 aromatic carbocycles. The van der Waals surface area contributed by atoms with Crippen molar-refractivity contribution in [3.63, 3.8) is 0 Å². The molecule has 4 rings (SSSR count). The molecule has 1 N–H and O–H groups in total. The van der Waals surface area contributed by atoms with Crippen molar-refractivity contribution >= 4 is 23.1 Å². The van der Waals surface area contributed by atoms with E-state index in [2.05, 4.69) is 18.8 Å². The van der Waals surface area contributed by atoms with Gasteiger partial charge in [0.1, 0.15) is 23.3 Å². The van der Waals surface area contributed by atoms with Crippen molar-refractivity contribution in [1.82, 2.24) is 4.98 Å². The summed E-state index contributed by atoms with van der Waals surface area (Å²) < 4.78 is 11.3. The molecular weight excluding hydrogens is 444 g/mol. The largest absolute Gasteiger partial charge is 0.507 e. The number of aliphatic hydroxyl groups is 1. The van der Waals surface area contributed by atoms with E-state index in [0.29, 0.717) is 41.0 Å². The molecule has 1 aromatic heterocycles. The Morgan fingerprint density at radius 2 is 1.80 bits per heavy atom. The van der Waals surface area contributed by atoms with Crippen LogP contribution in [-0.4, -0.2) is 35.5 Å². The van der Waals surface area contributed by atoms with Gasteiger partial charge in [0.15, 0.2) is 0 Å². The van der Waals surface area contributed by atoms with Gasteiger partial charge in [0.05, 0.1) is 30.7 Å². The highest BCUT2D eigenvalue weighted by Gasteiger charge is 2.48. The molecule has 1 aliphatic rings. The summed E-state index contributed by atoms with van der Waals surface area (Å²) >= 11 is 0. The molecule has 1 atom stereocenters. The average Bonchev–Trinajstić information content (AvgIpc) is 3.13. The van der Waals surface area contributed by atoms with Crippen molar-refractivity contribution < 1.29 is 24.2 Å². The van der Waals surface area contributed by atoms with E-state index in [9.17, 15) is 14.7 Å². The fourth-order valence-electron chi connectivity index (χ4n) is 4.10. The molecule has 7 heteroatoms. The third-order valence-electron chi connectivity index (χ3n) is 5.78. The van der Waals surface area contributed by atoms with Crippen LogP contribution in [0, 0.1) is 12.8 Å². The number of amides is 1. The summed E-state index contributed by atoms with van der Waals surface area (Å²) in [5, 5.41) is 11.3. The van der Waals surface area contributed by atoms with Crippen LogP contribution in [0.1, 0.15) is 36.7 Å². The number of rotatable bonds is 7. The second kappa shape index (κ2) is 10.0. The number of aromatic nitrogens is 1. The van der Waals surface area contributed by atoms with E-state index >= 15 is 0 Å². The Morgan fingerprint density at radius 3 is 2.46 bits per heavy atom. The van der Waals surface area contributed by atoms with Crippen molar-refractivity contribution in [1.29, 1.82) is 0 Å². The van der Waals surface area contributed by atoms with Gasteiger partial charge >= 0.3 is 0 Å². The first-order chi connectivity index (χ1) is 16.8. The third kappa shape index (κ3) is 4.62. The lowest BCUT2D eigenvalue weighted by Gasteiger charge is -2.26. The Bertz CT molecular complexity index is 1280. The number of hydrogen-bond acceptors (Lipinski definition) is 6. The smallest absolute Gasteiger partial charge is 0.300 e. The fraction of sp³-hybridized carbons (Fsp3) is 0.250. The Kier molecular flexibility index (Phi) is 6.87. The SMILES string of the molecule is COc1ccccc1N1C(=O)C(=O)/C(=C(\O)c2ccc(OCC(C)C)c(C)c2)C1c1ccccn1. The van der Waals surface area contributed by atoms with E-state index in [4.69, 9.17) is 9.47 Å². The van der Waals surface area contributed by atoms with Gasteiger partial charge in [-0.2, -0.15) is 0 Å². The van der Waals surface area contributed by atoms with E-state index in [1.54, 1.807) is 66.9 Å². The number of ketones is 1. The van der Waals surface area contributed by atoms with Gasteiger partial charge in [-0.25, -0.2) is 0 Å². The maximum absolute atomic E-state index is 13.3. The van der Waals surface area contributed by atoms with Crippen LogP contribution in [0.15, 0.2) is 72.4 Å². The van der Waals surface area contributed by atoms with Crippen LogP contribution in [0.4, 0.5) is 5.69 Å². The van der Waals surface area contributed by atoms with E-state index in [0.717, 1.165) is 5.56 Å². The maximum Gasteiger partial charge on any atom is 0.300 e. The van der Waals surface area contributed by atoms with E-state index in [-0.39, 0.29) is 11.3 Å². The van der Waals surface area contributed by atoms with Crippen LogP contribution in [0.2, 0.25) is 0 Å². The molecule has 0 radical (unpaired) electrons. The molecule has 180 valence electrons. The van der Waals surface area contributed by atoms with Crippen LogP contribution in [0.5, 0.6) is 11.5 Å². The van der Waals surface area contributed by atoms with Crippen LogP contribution >= 0.6 is 0 Å². The Morgan fingerprint density at radius 1 is 1.06 bits per heavy atom. The molecule has 7 nitrogen and oxygen atoms in total. The molecule has 0 saturated carbocycles. The Hall–Kier alpha value is -4.13. The second-order valence-electron chi connectivity index (χ2n) is 8.78. The number of pyridine rings is 1. The fourth-order valence-corrected chi connectivity index (χ4v) is 4.10. The average molecular weight is 473 g/mol. The van der Waals surface area contributed by atoms with Crippen molar-refractivity contribution in [2.45, 2.75) is 26.8 Å². The van der Waals surface area contributed by atoms with Gasteiger partial charge in [0.2, 0.25) is 0 Å². The number of carbonyl (C=O) groups excluding carboxylic acids is 2. The minimum Gasteiger partial charge on any atom is -0.507 e. The highest BCUT2D eigenvalue weighted by molar-refractivity contribution is 6.51. The topological polar surface area (TPSA) is 89.0 Å².